The average molecular weight is 401 g/mol. The lowest BCUT2D eigenvalue weighted by molar-refractivity contribution is -0.113. The van der Waals surface area contributed by atoms with E-state index < -0.39 is 0 Å². The third-order valence-corrected chi connectivity index (χ3v) is 5.92. The summed E-state index contributed by atoms with van der Waals surface area (Å²) in [7, 11) is 0. The summed E-state index contributed by atoms with van der Waals surface area (Å²) in [6.45, 7) is 4.97. The van der Waals surface area contributed by atoms with Crippen LogP contribution >= 0.6 is 11.8 Å². The first-order valence-corrected chi connectivity index (χ1v) is 10.7. The lowest BCUT2D eigenvalue weighted by Crippen LogP contribution is -2.13. The first-order valence-electron chi connectivity index (χ1n) is 9.71. The van der Waals surface area contributed by atoms with E-state index >= 15 is 0 Å². The Labute approximate surface area is 175 Å². The summed E-state index contributed by atoms with van der Waals surface area (Å²) in [5.74, 6) is 0.390. The Morgan fingerprint density at radius 3 is 2.52 bits per heavy atom. The van der Waals surface area contributed by atoms with Crippen LogP contribution < -0.4 is 5.32 Å². The highest BCUT2D eigenvalue weighted by Crippen LogP contribution is 2.30. The van der Waals surface area contributed by atoms with Gasteiger partial charge in [-0.15, -0.1) is 11.8 Å². The number of hydrogen-bond acceptors (Lipinski definition) is 2. The van der Waals surface area contributed by atoms with Gasteiger partial charge < -0.3 is 9.88 Å². The number of fused-ring (bicyclic) bond motifs is 1. The van der Waals surface area contributed by atoms with Crippen molar-refractivity contribution in [1.82, 2.24) is 4.57 Å². The van der Waals surface area contributed by atoms with Crippen molar-refractivity contribution < 1.29 is 4.79 Å². The molecule has 3 nitrogen and oxygen atoms in total. The minimum absolute atomic E-state index is 0.00867. The van der Waals surface area contributed by atoms with Crippen molar-refractivity contribution in [2.24, 2.45) is 0 Å². The molecule has 0 saturated heterocycles. The smallest absolute Gasteiger partial charge is 0.234 e. The predicted octanol–water partition coefficient (Wildman–Crippen LogP) is 6.04. The minimum Gasteiger partial charge on any atom is -0.342 e. The molecule has 1 aromatic heterocycles. The Kier molecular flexibility index (Phi) is 5.72. The number of nitrogens with zero attached hydrogens (tertiary/aromatic N) is 1. The number of nitrogens with one attached hydrogen (secondary N) is 1. The Morgan fingerprint density at radius 1 is 0.931 bits per heavy atom. The summed E-state index contributed by atoms with van der Waals surface area (Å²) in [6.07, 6.45) is 2.16. The van der Waals surface area contributed by atoms with Crippen LogP contribution in [0.5, 0.6) is 0 Å². The Hall–Kier alpha value is -2.98. The maximum atomic E-state index is 12.4. The lowest BCUT2D eigenvalue weighted by Gasteiger charge is -2.06. The van der Waals surface area contributed by atoms with Gasteiger partial charge in [0.2, 0.25) is 5.91 Å². The minimum atomic E-state index is 0.00867. The van der Waals surface area contributed by atoms with Crippen LogP contribution in [0.15, 0.2) is 83.9 Å². The number of amides is 1. The standard InChI is InChI=1S/C25H24N2OS/c1-18-10-12-21(13-11-18)26-25(28)17-29-24-16-27(23-9-4-3-8-22(23)24)15-20-7-5-6-19(2)14-20/h3-14,16H,15,17H2,1-2H3,(H,26,28). The molecule has 0 radical (unpaired) electrons. The second-order valence-corrected chi connectivity index (χ2v) is 8.35. The molecule has 0 bridgehead atoms. The highest BCUT2D eigenvalue weighted by Gasteiger charge is 2.11. The van der Waals surface area contributed by atoms with Crippen molar-refractivity contribution in [3.05, 3.63) is 95.7 Å². The Morgan fingerprint density at radius 2 is 1.72 bits per heavy atom. The third kappa shape index (κ3) is 4.72. The van der Waals surface area contributed by atoms with E-state index in [4.69, 9.17) is 0 Å². The van der Waals surface area contributed by atoms with Crippen molar-refractivity contribution in [3.8, 4) is 0 Å². The van der Waals surface area contributed by atoms with Gasteiger partial charge in [-0.3, -0.25) is 4.79 Å². The lowest BCUT2D eigenvalue weighted by atomic mass is 10.1. The molecule has 1 amide bonds. The molecular formula is C25H24N2OS. The van der Waals surface area contributed by atoms with Crippen LogP contribution in [-0.2, 0) is 11.3 Å². The molecule has 0 atom stereocenters. The van der Waals surface area contributed by atoms with Crippen molar-refractivity contribution >= 4 is 34.3 Å². The number of para-hydroxylation sites is 1. The molecule has 3 aromatic carbocycles. The zero-order chi connectivity index (χ0) is 20.2. The molecule has 0 aliphatic carbocycles. The fourth-order valence-electron chi connectivity index (χ4n) is 3.44. The van der Waals surface area contributed by atoms with E-state index in [9.17, 15) is 4.79 Å². The molecule has 0 aliphatic heterocycles. The Bertz CT molecular complexity index is 1150. The summed E-state index contributed by atoms with van der Waals surface area (Å²) >= 11 is 1.58. The topological polar surface area (TPSA) is 34.0 Å². The average Bonchev–Trinajstić information content (AvgIpc) is 3.06. The van der Waals surface area contributed by atoms with Gasteiger partial charge in [0.1, 0.15) is 0 Å². The van der Waals surface area contributed by atoms with Crippen LogP contribution in [0, 0.1) is 13.8 Å². The highest BCUT2D eigenvalue weighted by molar-refractivity contribution is 8.00. The molecule has 0 unspecified atom stereocenters. The Balaban J connectivity index is 1.50. The van der Waals surface area contributed by atoms with Gasteiger partial charge in [-0.25, -0.2) is 0 Å². The number of rotatable bonds is 6. The predicted molar refractivity (Wildman–Crippen MR) is 123 cm³/mol. The monoisotopic (exact) mass is 400 g/mol. The zero-order valence-electron chi connectivity index (χ0n) is 16.7. The van der Waals surface area contributed by atoms with Crippen LogP contribution in [0.2, 0.25) is 0 Å². The van der Waals surface area contributed by atoms with Gasteiger partial charge in [0.05, 0.1) is 5.75 Å². The molecule has 4 aromatic rings. The number of carbonyl (C=O) groups is 1. The fourth-order valence-corrected chi connectivity index (χ4v) is 4.33. The molecule has 0 saturated carbocycles. The SMILES string of the molecule is Cc1ccc(NC(=O)CSc2cn(Cc3cccc(C)c3)c3ccccc23)cc1. The van der Waals surface area contributed by atoms with E-state index in [2.05, 4.69) is 71.5 Å². The summed E-state index contributed by atoms with van der Waals surface area (Å²) in [6, 6.07) is 24.8. The molecular weight excluding hydrogens is 376 g/mol. The molecule has 146 valence electrons. The molecule has 1 heterocycles. The molecule has 0 spiro atoms. The van der Waals surface area contributed by atoms with E-state index in [0.29, 0.717) is 5.75 Å². The second-order valence-electron chi connectivity index (χ2n) is 7.33. The van der Waals surface area contributed by atoms with Gasteiger partial charge in [0, 0.05) is 34.2 Å². The summed E-state index contributed by atoms with van der Waals surface area (Å²) in [4.78, 5) is 13.5. The zero-order valence-corrected chi connectivity index (χ0v) is 17.5. The van der Waals surface area contributed by atoms with Gasteiger partial charge >= 0.3 is 0 Å². The molecule has 4 heteroatoms. The highest BCUT2D eigenvalue weighted by atomic mass is 32.2. The van der Waals surface area contributed by atoms with Crippen molar-refractivity contribution in [2.75, 3.05) is 11.1 Å². The number of aromatic nitrogens is 1. The normalized spacial score (nSPS) is 11.0. The largest absolute Gasteiger partial charge is 0.342 e. The third-order valence-electron chi connectivity index (χ3n) is 4.88. The van der Waals surface area contributed by atoms with Crippen molar-refractivity contribution in [2.45, 2.75) is 25.3 Å². The van der Waals surface area contributed by atoms with Crippen LogP contribution in [0.1, 0.15) is 16.7 Å². The number of anilines is 1. The number of hydrogen-bond donors (Lipinski definition) is 1. The first-order chi connectivity index (χ1) is 14.1. The first kappa shape index (κ1) is 19.3. The quantitative estimate of drug-likeness (QED) is 0.401. The number of benzene rings is 3. The summed E-state index contributed by atoms with van der Waals surface area (Å²) < 4.78 is 2.27. The number of aryl methyl sites for hydroxylation is 2. The van der Waals surface area contributed by atoms with E-state index in [1.165, 1.54) is 27.6 Å². The summed E-state index contributed by atoms with van der Waals surface area (Å²) in [5, 5.41) is 4.16. The van der Waals surface area contributed by atoms with E-state index in [1.807, 2.05) is 31.2 Å². The molecule has 0 fully saturated rings. The molecule has 4 rings (SSSR count). The molecule has 29 heavy (non-hydrogen) atoms. The van der Waals surface area contributed by atoms with E-state index in [0.717, 1.165) is 17.1 Å². The van der Waals surface area contributed by atoms with Gasteiger partial charge in [-0.1, -0.05) is 65.7 Å². The van der Waals surface area contributed by atoms with Gasteiger partial charge in [-0.2, -0.15) is 0 Å². The van der Waals surface area contributed by atoms with Crippen molar-refractivity contribution in [1.29, 1.82) is 0 Å². The maximum Gasteiger partial charge on any atom is 0.234 e. The molecule has 1 N–H and O–H groups in total. The van der Waals surface area contributed by atoms with E-state index in [-0.39, 0.29) is 5.91 Å². The number of thioether (sulfide) groups is 1. The van der Waals surface area contributed by atoms with E-state index in [1.54, 1.807) is 11.8 Å². The van der Waals surface area contributed by atoms with Crippen LogP contribution in [0.4, 0.5) is 5.69 Å². The van der Waals surface area contributed by atoms with Gasteiger partial charge in [0.15, 0.2) is 0 Å². The van der Waals surface area contributed by atoms with Gasteiger partial charge in [-0.05, 0) is 37.6 Å². The van der Waals surface area contributed by atoms with Gasteiger partial charge in [0.25, 0.3) is 0 Å². The second kappa shape index (κ2) is 8.58. The fraction of sp³-hybridized carbons (Fsp3) is 0.160. The maximum absolute atomic E-state index is 12.4. The van der Waals surface area contributed by atoms with Crippen LogP contribution in [-0.4, -0.2) is 16.2 Å². The molecule has 0 aliphatic rings. The van der Waals surface area contributed by atoms with Crippen LogP contribution in [0.3, 0.4) is 0 Å². The van der Waals surface area contributed by atoms with Crippen LogP contribution in [0.25, 0.3) is 10.9 Å². The number of carbonyl (C=O) groups excluding carboxylic acids is 1. The van der Waals surface area contributed by atoms with Crippen molar-refractivity contribution in [3.63, 3.8) is 0 Å². The summed E-state index contributed by atoms with van der Waals surface area (Å²) in [5.41, 5.74) is 5.75.